The zero-order chi connectivity index (χ0) is 18.2. The van der Waals surface area contributed by atoms with Crippen LogP contribution in [0.2, 0.25) is 15.1 Å². The lowest BCUT2D eigenvalue weighted by Gasteiger charge is -2.13. The van der Waals surface area contributed by atoms with Gasteiger partial charge in [0.2, 0.25) is 0 Å². The van der Waals surface area contributed by atoms with Gasteiger partial charge in [-0.05, 0) is 18.6 Å². The Bertz CT molecular complexity index is 664. The summed E-state index contributed by atoms with van der Waals surface area (Å²) in [5, 5.41) is 7.19. The molecule has 0 spiro atoms. The fraction of sp³-hybridized carbons (Fsp3) is 0.500. The second kappa shape index (κ2) is 12.3. The van der Waals surface area contributed by atoms with Gasteiger partial charge in [0, 0.05) is 24.9 Å². The summed E-state index contributed by atoms with van der Waals surface area (Å²) >= 11 is 17.9. The first kappa shape index (κ1) is 24.8. The van der Waals surface area contributed by atoms with Crippen LogP contribution in [0.4, 0.5) is 0 Å². The monoisotopic (exact) mass is 543 g/mol. The third-order valence-corrected chi connectivity index (χ3v) is 4.62. The van der Waals surface area contributed by atoms with E-state index in [2.05, 4.69) is 15.6 Å². The third-order valence-electron chi connectivity index (χ3n) is 2.81. The summed E-state index contributed by atoms with van der Waals surface area (Å²) in [6.07, 6.45) is 1.72. The molecule has 25 heavy (non-hydrogen) atoms. The summed E-state index contributed by atoms with van der Waals surface area (Å²) in [4.78, 5) is 4.03. The van der Waals surface area contributed by atoms with Gasteiger partial charge in [-0.25, -0.2) is 8.42 Å². The smallest absolute Gasteiger partial charge is 0.191 e. The summed E-state index contributed by atoms with van der Waals surface area (Å²) in [7, 11) is -1.32. The average molecular weight is 545 g/mol. The van der Waals surface area contributed by atoms with E-state index in [0.717, 1.165) is 0 Å². The Balaban J connectivity index is 0.00000576. The van der Waals surface area contributed by atoms with E-state index in [1.54, 1.807) is 19.2 Å². The van der Waals surface area contributed by atoms with E-state index in [9.17, 15) is 8.42 Å². The molecule has 0 unspecified atom stereocenters. The number of sulfone groups is 1. The van der Waals surface area contributed by atoms with Crippen molar-refractivity contribution in [3.63, 3.8) is 0 Å². The number of aliphatic imine (C=N–C) groups is 1. The van der Waals surface area contributed by atoms with Crippen LogP contribution in [0.25, 0.3) is 0 Å². The molecule has 0 amide bonds. The van der Waals surface area contributed by atoms with Gasteiger partial charge in [0.25, 0.3) is 0 Å². The number of benzene rings is 1. The van der Waals surface area contributed by atoms with Crippen LogP contribution in [0, 0.1) is 0 Å². The molecule has 1 aromatic rings. The molecule has 0 aromatic heterocycles. The Hall–Kier alpha value is -0.160. The highest BCUT2D eigenvalue weighted by Gasteiger charge is 2.09. The molecule has 2 N–H and O–H groups in total. The Labute approximate surface area is 180 Å². The number of nitrogens with zero attached hydrogens (tertiary/aromatic N) is 1. The first-order valence-corrected chi connectivity index (χ1v) is 10.3. The van der Waals surface area contributed by atoms with E-state index in [4.69, 9.17) is 39.5 Å². The second-order valence-electron chi connectivity index (χ2n) is 4.96. The van der Waals surface area contributed by atoms with Crippen molar-refractivity contribution in [2.45, 2.75) is 6.42 Å². The van der Waals surface area contributed by atoms with Crippen molar-refractivity contribution in [2.24, 2.45) is 4.99 Å². The van der Waals surface area contributed by atoms with Crippen LogP contribution in [0.3, 0.4) is 0 Å². The molecule has 0 bridgehead atoms. The number of hydrogen-bond acceptors (Lipinski definition) is 4. The van der Waals surface area contributed by atoms with Crippen LogP contribution < -0.4 is 15.4 Å². The van der Waals surface area contributed by atoms with Gasteiger partial charge in [-0.15, -0.1) is 24.0 Å². The largest absolute Gasteiger partial charge is 0.489 e. The Morgan fingerprint density at radius 2 is 1.72 bits per heavy atom. The maximum atomic E-state index is 11.0. The van der Waals surface area contributed by atoms with Crippen molar-refractivity contribution < 1.29 is 13.2 Å². The molecule has 0 saturated carbocycles. The van der Waals surface area contributed by atoms with Gasteiger partial charge < -0.3 is 15.4 Å². The van der Waals surface area contributed by atoms with Crippen molar-refractivity contribution >= 4 is 74.6 Å². The number of ether oxygens (including phenoxy) is 1. The van der Waals surface area contributed by atoms with E-state index >= 15 is 0 Å². The third kappa shape index (κ3) is 10.5. The van der Waals surface area contributed by atoms with Gasteiger partial charge in [-0.2, -0.15) is 0 Å². The molecule has 0 saturated heterocycles. The van der Waals surface area contributed by atoms with Crippen LogP contribution in [0.5, 0.6) is 5.75 Å². The Morgan fingerprint density at radius 1 is 1.16 bits per heavy atom. The fourth-order valence-corrected chi connectivity index (χ4v) is 3.35. The van der Waals surface area contributed by atoms with E-state index in [1.807, 2.05) is 0 Å². The van der Waals surface area contributed by atoms with Crippen molar-refractivity contribution in [3.05, 3.63) is 27.2 Å². The topological polar surface area (TPSA) is 79.8 Å². The molecule has 0 atom stereocenters. The normalized spacial score (nSPS) is 11.6. The lowest BCUT2D eigenvalue weighted by atomic mass is 10.3. The molecule has 0 radical (unpaired) electrons. The number of halogens is 4. The minimum Gasteiger partial charge on any atom is -0.489 e. The predicted molar refractivity (Wildman–Crippen MR) is 116 cm³/mol. The number of nitrogens with one attached hydrogen (secondary N) is 2. The molecule has 0 aliphatic carbocycles. The van der Waals surface area contributed by atoms with Crippen molar-refractivity contribution in [2.75, 3.05) is 38.8 Å². The first-order valence-electron chi connectivity index (χ1n) is 7.12. The fourth-order valence-electron chi connectivity index (χ4n) is 1.75. The van der Waals surface area contributed by atoms with Gasteiger partial charge in [-0.3, -0.25) is 4.99 Å². The van der Waals surface area contributed by atoms with E-state index < -0.39 is 9.84 Å². The highest BCUT2D eigenvalue weighted by Crippen LogP contribution is 2.35. The quantitative estimate of drug-likeness (QED) is 0.227. The van der Waals surface area contributed by atoms with Gasteiger partial charge in [0.1, 0.15) is 16.4 Å². The minimum absolute atomic E-state index is 0. The van der Waals surface area contributed by atoms with Gasteiger partial charge >= 0.3 is 0 Å². The molecule has 144 valence electrons. The Kier molecular flexibility index (Phi) is 12.2. The van der Waals surface area contributed by atoms with Crippen molar-refractivity contribution in [1.29, 1.82) is 0 Å². The highest BCUT2D eigenvalue weighted by atomic mass is 127. The van der Waals surface area contributed by atoms with Gasteiger partial charge in [0.15, 0.2) is 11.7 Å². The minimum atomic E-state index is -2.95. The molecule has 0 fully saturated rings. The maximum absolute atomic E-state index is 11.0. The van der Waals surface area contributed by atoms with E-state index in [1.165, 1.54) is 6.26 Å². The molecule has 0 aliphatic heterocycles. The Morgan fingerprint density at radius 3 is 2.24 bits per heavy atom. The maximum Gasteiger partial charge on any atom is 0.191 e. The number of rotatable bonds is 8. The summed E-state index contributed by atoms with van der Waals surface area (Å²) in [6.45, 7) is 1.27. The lowest BCUT2D eigenvalue weighted by Crippen LogP contribution is -2.40. The summed E-state index contributed by atoms with van der Waals surface area (Å²) in [6, 6.07) is 3.11. The molecule has 0 aliphatic rings. The molecule has 1 aromatic carbocycles. The van der Waals surface area contributed by atoms with E-state index in [-0.39, 0.29) is 29.7 Å². The summed E-state index contributed by atoms with van der Waals surface area (Å²) < 4.78 is 27.6. The van der Waals surface area contributed by atoms with Crippen LogP contribution >= 0.6 is 58.8 Å². The zero-order valence-corrected chi connectivity index (χ0v) is 19.2. The zero-order valence-electron chi connectivity index (χ0n) is 13.8. The number of hydrogen-bond donors (Lipinski definition) is 2. The van der Waals surface area contributed by atoms with Crippen LogP contribution in [0.1, 0.15) is 6.42 Å². The van der Waals surface area contributed by atoms with Gasteiger partial charge in [-0.1, -0.05) is 34.8 Å². The summed E-state index contributed by atoms with van der Waals surface area (Å²) in [5.41, 5.74) is 0. The first-order chi connectivity index (χ1) is 11.2. The van der Waals surface area contributed by atoms with Crippen LogP contribution in [-0.4, -0.2) is 53.1 Å². The van der Waals surface area contributed by atoms with Crippen molar-refractivity contribution in [3.8, 4) is 5.75 Å². The van der Waals surface area contributed by atoms with E-state index in [0.29, 0.717) is 52.9 Å². The lowest BCUT2D eigenvalue weighted by molar-refractivity contribution is 0.322. The highest BCUT2D eigenvalue weighted by molar-refractivity contribution is 14.0. The molecule has 11 heteroatoms. The molecule has 6 nitrogen and oxygen atoms in total. The second-order valence-corrected chi connectivity index (χ2v) is 8.47. The SMILES string of the molecule is CN=C(NCCCS(C)(=O)=O)NCCOc1c(Cl)cc(Cl)cc1Cl.I. The molecular formula is C14H21Cl3IN3O3S. The van der Waals surface area contributed by atoms with Crippen LogP contribution in [0.15, 0.2) is 17.1 Å². The summed E-state index contributed by atoms with van der Waals surface area (Å²) in [5.74, 6) is 1.06. The molecular weight excluding hydrogens is 524 g/mol. The molecule has 1 rings (SSSR count). The average Bonchev–Trinajstić information content (AvgIpc) is 2.46. The predicted octanol–water partition coefficient (Wildman–Crippen LogP) is 3.24. The van der Waals surface area contributed by atoms with Gasteiger partial charge in [0.05, 0.1) is 22.3 Å². The van der Waals surface area contributed by atoms with Crippen LogP contribution in [-0.2, 0) is 9.84 Å². The molecule has 0 heterocycles. The standard InChI is InChI=1S/C14H20Cl3N3O3S.HI/c1-18-14(19-4-3-7-24(2,21)22)20-5-6-23-13-11(16)8-10(15)9-12(13)17;/h8-9H,3-7H2,1-2H3,(H2,18,19,20);1H. The van der Waals surface area contributed by atoms with Crippen molar-refractivity contribution in [1.82, 2.24) is 10.6 Å². The number of guanidine groups is 1.